The van der Waals surface area contributed by atoms with Crippen molar-refractivity contribution in [3.8, 4) is 5.75 Å². The highest BCUT2D eigenvalue weighted by molar-refractivity contribution is 5.94. The van der Waals surface area contributed by atoms with Crippen LogP contribution in [-0.4, -0.2) is 64.7 Å². The fraction of sp³-hybridized carbons (Fsp3) is 0.300. The van der Waals surface area contributed by atoms with Crippen molar-refractivity contribution >= 4 is 23.4 Å². The van der Waals surface area contributed by atoms with Crippen LogP contribution in [-0.2, 0) is 6.54 Å². The first-order valence-electron chi connectivity index (χ1n) is 12.4. The molecule has 1 aliphatic rings. The van der Waals surface area contributed by atoms with Gasteiger partial charge in [-0.15, -0.1) is 0 Å². The topological polar surface area (TPSA) is 48.1 Å². The van der Waals surface area contributed by atoms with Crippen LogP contribution < -0.4 is 19.9 Å². The Bertz CT molecular complexity index is 1150. The smallest absolute Gasteiger partial charge is 0.251 e. The molecule has 0 atom stereocenters. The molecule has 0 unspecified atom stereocenters. The van der Waals surface area contributed by atoms with Gasteiger partial charge in [0, 0.05) is 70.3 Å². The normalized spacial score (nSPS) is 14.1. The van der Waals surface area contributed by atoms with Gasteiger partial charge in [0.1, 0.15) is 5.75 Å². The summed E-state index contributed by atoms with van der Waals surface area (Å²) in [6.45, 7) is 5.50. The average Bonchev–Trinajstić information content (AvgIpc) is 2.92. The molecule has 6 nitrogen and oxygen atoms in total. The third-order valence-electron chi connectivity index (χ3n) is 6.54. The minimum absolute atomic E-state index is 0.0848. The molecule has 6 heteroatoms. The van der Waals surface area contributed by atoms with Gasteiger partial charge in [0.05, 0.1) is 7.11 Å². The van der Waals surface area contributed by atoms with E-state index in [4.69, 9.17) is 4.74 Å². The van der Waals surface area contributed by atoms with Crippen LogP contribution in [0.2, 0.25) is 0 Å². The number of anilines is 2. The van der Waals surface area contributed by atoms with Gasteiger partial charge in [0.15, 0.2) is 0 Å². The molecule has 3 aromatic rings. The first kappa shape index (κ1) is 25.3. The van der Waals surface area contributed by atoms with Crippen LogP contribution in [0, 0.1) is 0 Å². The van der Waals surface area contributed by atoms with E-state index in [2.05, 4.69) is 94.8 Å². The summed E-state index contributed by atoms with van der Waals surface area (Å²) < 4.78 is 5.16. The number of amides is 1. The summed E-state index contributed by atoms with van der Waals surface area (Å²) in [7, 11) is 5.73. The summed E-state index contributed by atoms with van der Waals surface area (Å²) in [5.41, 5.74) is 5.38. The van der Waals surface area contributed by atoms with Gasteiger partial charge in [-0.2, -0.15) is 0 Å². The molecule has 1 amide bonds. The third-order valence-corrected chi connectivity index (χ3v) is 6.54. The number of benzene rings is 3. The summed E-state index contributed by atoms with van der Waals surface area (Å²) >= 11 is 0. The van der Waals surface area contributed by atoms with E-state index in [1.54, 1.807) is 31.4 Å². The van der Waals surface area contributed by atoms with Crippen LogP contribution in [0.5, 0.6) is 5.75 Å². The van der Waals surface area contributed by atoms with Crippen LogP contribution in [0.3, 0.4) is 0 Å². The van der Waals surface area contributed by atoms with Crippen molar-refractivity contribution in [2.45, 2.75) is 6.54 Å². The number of ether oxygens (including phenoxy) is 1. The van der Waals surface area contributed by atoms with Crippen molar-refractivity contribution in [3.05, 3.63) is 95.6 Å². The highest BCUT2D eigenvalue weighted by Gasteiger charge is 2.16. The summed E-state index contributed by atoms with van der Waals surface area (Å²) in [6, 6.07) is 24.2. The minimum atomic E-state index is -0.0848. The molecule has 0 bridgehead atoms. The zero-order valence-electron chi connectivity index (χ0n) is 21.5. The molecule has 0 spiro atoms. The summed E-state index contributed by atoms with van der Waals surface area (Å²) in [5, 5.41) is 3.02. The second-order valence-corrected chi connectivity index (χ2v) is 9.26. The minimum Gasteiger partial charge on any atom is -0.497 e. The second kappa shape index (κ2) is 12.3. The van der Waals surface area contributed by atoms with Crippen molar-refractivity contribution in [2.24, 2.45) is 0 Å². The van der Waals surface area contributed by atoms with Crippen LogP contribution in [0.1, 0.15) is 21.5 Å². The Hall–Kier alpha value is -3.77. The number of methoxy groups -OCH3 is 1. The first-order valence-corrected chi connectivity index (χ1v) is 12.4. The van der Waals surface area contributed by atoms with E-state index in [0.29, 0.717) is 12.1 Å². The maximum Gasteiger partial charge on any atom is 0.251 e. The van der Waals surface area contributed by atoms with E-state index in [1.165, 1.54) is 16.9 Å². The molecule has 188 valence electrons. The summed E-state index contributed by atoms with van der Waals surface area (Å²) in [6.07, 6.45) is 4.46. The van der Waals surface area contributed by atoms with E-state index in [0.717, 1.165) is 44.0 Å². The van der Waals surface area contributed by atoms with E-state index in [9.17, 15) is 4.79 Å². The largest absolute Gasteiger partial charge is 0.497 e. The Kier molecular flexibility index (Phi) is 8.63. The molecule has 0 aromatic heterocycles. The number of carbonyl (C=O) groups is 1. The zero-order chi connectivity index (χ0) is 25.3. The number of rotatable bonds is 9. The number of hydrogen-bond donors (Lipinski definition) is 1. The van der Waals surface area contributed by atoms with Gasteiger partial charge in [-0.1, -0.05) is 36.4 Å². The standard InChI is InChI=1S/C30H36N4O2/c1-32(2)27-13-9-24(10-14-27)7-5-17-33-18-20-34(21-19-33)28-8-4-6-25(22-28)23-31-30(35)26-11-15-29(36-3)16-12-26/h4-16,22H,17-21,23H2,1-3H3,(H,31,35)/b7-5+. The fourth-order valence-electron chi connectivity index (χ4n) is 4.30. The number of hydrogen-bond acceptors (Lipinski definition) is 5. The van der Waals surface area contributed by atoms with Crippen LogP contribution in [0.25, 0.3) is 6.08 Å². The van der Waals surface area contributed by atoms with Gasteiger partial charge < -0.3 is 19.9 Å². The lowest BCUT2D eigenvalue weighted by molar-refractivity contribution is 0.0951. The molecule has 1 aliphatic heterocycles. The predicted molar refractivity (Wildman–Crippen MR) is 149 cm³/mol. The molecule has 1 N–H and O–H groups in total. The molecule has 0 saturated carbocycles. The van der Waals surface area contributed by atoms with Crippen LogP contribution >= 0.6 is 0 Å². The third kappa shape index (κ3) is 6.89. The highest BCUT2D eigenvalue weighted by Crippen LogP contribution is 2.19. The molecule has 36 heavy (non-hydrogen) atoms. The lowest BCUT2D eigenvalue weighted by Crippen LogP contribution is -2.46. The van der Waals surface area contributed by atoms with Gasteiger partial charge in [-0.05, 0) is 59.7 Å². The Labute approximate surface area is 214 Å². The van der Waals surface area contributed by atoms with Crippen LogP contribution in [0.4, 0.5) is 11.4 Å². The lowest BCUT2D eigenvalue weighted by Gasteiger charge is -2.35. The summed E-state index contributed by atoms with van der Waals surface area (Å²) in [4.78, 5) is 19.5. The summed E-state index contributed by atoms with van der Waals surface area (Å²) in [5.74, 6) is 0.656. The second-order valence-electron chi connectivity index (χ2n) is 9.26. The van der Waals surface area contributed by atoms with Gasteiger partial charge in [-0.25, -0.2) is 0 Å². The SMILES string of the molecule is COc1ccc(C(=O)NCc2cccc(N3CCN(C/C=C/c4ccc(N(C)C)cc4)CC3)c2)cc1. The molecule has 0 aliphatic carbocycles. The number of carbonyl (C=O) groups excluding carboxylic acids is 1. The molecule has 1 heterocycles. The highest BCUT2D eigenvalue weighted by atomic mass is 16.5. The Morgan fingerprint density at radius 1 is 0.972 bits per heavy atom. The van der Waals surface area contributed by atoms with E-state index in [1.807, 2.05) is 0 Å². The lowest BCUT2D eigenvalue weighted by atomic mass is 10.1. The molecule has 1 fully saturated rings. The maximum atomic E-state index is 12.5. The average molecular weight is 485 g/mol. The van der Waals surface area contributed by atoms with Crippen molar-refractivity contribution in [3.63, 3.8) is 0 Å². The number of nitrogens with one attached hydrogen (secondary N) is 1. The Balaban J connectivity index is 1.24. The molecule has 3 aromatic carbocycles. The number of nitrogens with zero attached hydrogens (tertiary/aromatic N) is 3. The molecule has 1 saturated heterocycles. The van der Waals surface area contributed by atoms with Crippen molar-refractivity contribution < 1.29 is 9.53 Å². The molecule has 0 radical (unpaired) electrons. The first-order chi connectivity index (χ1) is 17.5. The van der Waals surface area contributed by atoms with Crippen molar-refractivity contribution in [1.29, 1.82) is 0 Å². The van der Waals surface area contributed by atoms with Crippen LogP contribution in [0.15, 0.2) is 78.9 Å². The Morgan fingerprint density at radius 3 is 2.36 bits per heavy atom. The number of piperazine rings is 1. The van der Waals surface area contributed by atoms with Crippen molar-refractivity contribution in [1.82, 2.24) is 10.2 Å². The van der Waals surface area contributed by atoms with Gasteiger partial charge >= 0.3 is 0 Å². The molecular weight excluding hydrogens is 448 g/mol. The fourth-order valence-corrected chi connectivity index (χ4v) is 4.30. The van der Waals surface area contributed by atoms with E-state index < -0.39 is 0 Å². The molecule has 4 rings (SSSR count). The predicted octanol–water partition coefficient (Wildman–Crippen LogP) is 4.53. The van der Waals surface area contributed by atoms with Gasteiger partial charge in [0.2, 0.25) is 0 Å². The van der Waals surface area contributed by atoms with E-state index in [-0.39, 0.29) is 5.91 Å². The van der Waals surface area contributed by atoms with Gasteiger partial charge in [0.25, 0.3) is 5.91 Å². The monoisotopic (exact) mass is 484 g/mol. The Morgan fingerprint density at radius 2 is 1.69 bits per heavy atom. The van der Waals surface area contributed by atoms with E-state index >= 15 is 0 Å². The maximum absolute atomic E-state index is 12.5. The molecular formula is C30H36N4O2. The van der Waals surface area contributed by atoms with Crippen molar-refractivity contribution in [2.75, 3.05) is 63.7 Å². The van der Waals surface area contributed by atoms with Gasteiger partial charge in [-0.3, -0.25) is 9.69 Å². The quantitative estimate of drug-likeness (QED) is 0.484. The zero-order valence-corrected chi connectivity index (χ0v) is 21.5.